The lowest BCUT2D eigenvalue weighted by atomic mass is 9.79. The number of nitrogens with one attached hydrogen (secondary N) is 2. The lowest BCUT2D eigenvalue weighted by molar-refractivity contribution is -0.152. The molecular formula is C21H24BrN5O5. The Labute approximate surface area is 192 Å². The number of likely N-dealkylation sites (tertiary alicyclic amines) is 1. The summed E-state index contributed by atoms with van der Waals surface area (Å²) in [6.45, 7) is 0.567. The molecule has 3 amide bonds. The predicted octanol–water partition coefficient (Wildman–Crippen LogP) is 0.190. The molecule has 0 unspecified atom stereocenters. The minimum absolute atomic E-state index is 0.230. The number of anilines is 1. The van der Waals surface area contributed by atoms with Crippen molar-refractivity contribution < 1.29 is 24.6 Å². The highest BCUT2D eigenvalue weighted by Gasteiger charge is 2.44. The zero-order chi connectivity index (χ0) is 23.0. The second-order valence-electron chi connectivity index (χ2n) is 8.30. The number of rotatable bonds is 4. The van der Waals surface area contributed by atoms with Crippen molar-refractivity contribution in [2.24, 2.45) is 7.05 Å². The summed E-state index contributed by atoms with van der Waals surface area (Å²) in [5, 5.41) is 30.2. The van der Waals surface area contributed by atoms with Crippen LogP contribution in [0.15, 0.2) is 34.9 Å². The van der Waals surface area contributed by atoms with Crippen LogP contribution in [0.2, 0.25) is 0 Å². The number of carbonyl (C=O) groups is 3. The molecule has 4 rings (SSSR count). The molecule has 3 heterocycles. The molecule has 2 aliphatic heterocycles. The van der Waals surface area contributed by atoms with Gasteiger partial charge >= 0.3 is 0 Å². The highest BCUT2D eigenvalue weighted by molar-refractivity contribution is 9.10. The van der Waals surface area contributed by atoms with Crippen LogP contribution in [0.25, 0.3) is 0 Å². The Hall–Kier alpha value is -2.76. The number of hydrogen-bond donors (Lipinski definition) is 4. The quantitative estimate of drug-likeness (QED) is 0.468. The number of aryl methyl sites for hydroxylation is 1. The first-order valence-electron chi connectivity index (χ1n) is 10.2. The minimum Gasteiger partial charge on any atom is -0.380 e. The molecule has 0 bridgehead atoms. The van der Waals surface area contributed by atoms with Gasteiger partial charge in [-0.2, -0.15) is 5.10 Å². The Kier molecular flexibility index (Phi) is 6.06. The molecule has 2 aromatic rings. The summed E-state index contributed by atoms with van der Waals surface area (Å²) in [5.41, 5.74) is 1.24. The highest BCUT2D eigenvalue weighted by Crippen LogP contribution is 2.31. The molecular weight excluding hydrogens is 482 g/mol. The first kappa shape index (κ1) is 22.4. The van der Waals surface area contributed by atoms with Gasteiger partial charge in [0.15, 0.2) is 17.9 Å². The average molecular weight is 506 g/mol. The molecule has 10 nitrogen and oxygen atoms in total. The van der Waals surface area contributed by atoms with Crippen molar-refractivity contribution in [2.75, 3.05) is 18.4 Å². The Morgan fingerprint density at radius 2 is 1.97 bits per heavy atom. The van der Waals surface area contributed by atoms with Crippen LogP contribution in [0.1, 0.15) is 28.9 Å². The van der Waals surface area contributed by atoms with E-state index in [9.17, 15) is 24.6 Å². The molecule has 2 atom stereocenters. The van der Waals surface area contributed by atoms with Crippen LogP contribution in [0.4, 0.5) is 5.69 Å². The minimum atomic E-state index is -1.91. The lowest BCUT2D eigenvalue weighted by Crippen LogP contribution is -2.61. The second kappa shape index (κ2) is 8.64. The first-order chi connectivity index (χ1) is 15.2. The number of amides is 3. The van der Waals surface area contributed by atoms with E-state index in [0.29, 0.717) is 30.6 Å². The van der Waals surface area contributed by atoms with Crippen LogP contribution in [-0.4, -0.2) is 73.5 Å². The molecule has 1 saturated heterocycles. The van der Waals surface area contributed by atoms with Crippen molar-refractivity contribution in [3.05, 3.63) is 46.2 Å². The van der Waals surface area contributed by atoms with E-state index in [4.69, 9.17) is 0 Å². The maximum Gasteiger partial charge on any atom is 0.272 e. The molecule has 32 heavy (non-hydrogen) atoms. The third kappa shape index (κ3) is 4.41. The van der Waals surface area contributed by atoms with Gasteiger partial charge in [-0.25, -0.2) is 0 Å². The Balaban J connectivity index is 1.35. The van der Waals surface area contributed by atoms with Crippen LogP contribution in [-0.2, 0) is 23.1 Å². The van der Waals surface area contributed by atoms with Gasteiger partial charge in [0.25, 0.3) is 17.7 Å². The van der Waals surface area contributed by atoms with Gasteiger partial charge in [-0.3, -0.25) is 19.1 Å². The predicted molar refractivity (Wildman–Crippen MR) is 118 cm³/mol. The largest absolute Gasteiger partial charge is 0.380 e. The first-order valence-corrected chi connectivity index (χ1v) is 11.0. The summed E-state index contributed by atoms with van der Waals surface area (Å²) >= 11 is 3.28. The summed E-state index contributed by atoms with van der Waals surface area (Å²) in [5.74, 6) is -1.83. The Morgan fingerprint density at radius 3 is 2.66 bits per heavy atom. The molecule has 170 valence electrons. The Bertz CT molecular complexity index is 1060. The van der Waals surface area contributed by atoms with Crippen molar-refractivity contribution in [3.63, 3.8) is 0 Å². The average Bonchev–Trinajstić information content (AvgIpc) is 3.13. The number of halogens is 1. The molecule has 11 heteroatoms. The molecule has 4 N–H and O–H groups in total. The summed E-state index contributed by atoms with van der Waals surface area (Å²) in [4.78, 5) is 38.9. The van der Waals surface area contributed by atoms with Crippen molar-refractivity contribution >= 4 is 39.3 Å². The number of aliphatic hydroxyl groups excluding tert-OH is 2. The fraction of sp³-hybridized carbons (Fsp3) is 0.429. The van der Waals surface area contributed by atoms with Gasteiger partial charge in [0.05, 0.1) is 0 Å². The number of fused-ring (bicyclic) bond motifs is 1. The molecule has 0 saturated carbocycles. The van der Waals surface area contributed by atoms with E-state index in [-0.39, 0.29) is 19.0 Å². The molecule has 0 aliphatic carbocycles. The number of carbonyl (C=O) groups excluding carboxylic acids is 3. The van der Waals surface area contributed by atoms with Crippen molar-refractivity contribution in [1.82, 2.24) is 20.0 Å². The van der Waals surface area contributed by atoms with Gasteiger partial charge in [-0.15, -0.1) is 0 Å². The molecule has 2 aliphatic rings. The zero-order valence-electron chi connectivity index (χ0n) is 17.4. The fourth-order valence-corrected chi connectivity index (χ4v) is 4.67. The van der Waals surface area contributed by atoms with Gasteiger partial charge in [-0.1, -0.05) is 22.0 Å². The molecule has 1 aromatic heterocycles. The third-order valence-electron chi connectivity index (χ3n) is 5.97. The van der Waals surface area contributed by atoms with Crippen LogP contribution in [0.3, 0.4) is 0 Å². The number of piperidine rings is 1. The standard InChI is InChI=1S/C21H24BrN5O5/c1-26-11-12-10-21(24-18(30)15(12)25-26)5-7-27(8-6-21)20(32)17(29)16(28)19(31)23-14-4-2-3-13(22)9-14/h2-4,9,11,16-17,28-29H,5-8,10H2,1H3,(H,23,31)(H,24,30)/t16-,17-/m0/s1. The van der Waals surface area contributed by atoms with E-state index < -0.39 is 29.6 Å². The molecule has 1 fully saturated rings. The van der Waals surface area contributed by atoms with Gasteiger partial charge in [0.1, 0.15) is 0 Å². The van der Waals surface area contributed by atoms with Gasteiger partial charge in [0.2, 0.25) is 0 Å². The van der Waals surface area contributed by atoms with Gasteiger partial charge < -0.3 is 25.7 Å². The van der Waals surface area contributed by atoms with Crippen LogP contribution < -0.4 is 10.6 Å². The fourth-order valence-electron chi connectivity index (χ4n) is 4.27. The monoisotopic (exact) mass is 505 g/mol. The SMILES string of the molecule is Cn1cc2c(n1)C(=O)NC1(CCN(C(=O)[C@@H](O)[C@H](O)C(=O)Nc3cccc(Br)c3)CC1)C2. The van der Waals surface area contributed by atoms with E-state index in [1.165, 1.54) is 4.90 Å². The smallest absolute Gasteiger partial charge is 0.272 e. The van der Waals surface area contributed by atoms with Crippen molar-refractivity contribution in [1.29, 1.82) is 0 Å². The maximum atomic E-state index is 12.7. The van der Waals surface area contributed by atoms with Crippen LogP contribution in [0, 0.1) is 0 Å². The third-order valence-corrected chi connectivity index (χ3v) is 6.47. The second-order valence-corrected chi connectivity index (χ2v) is 9.22. The van der Waals surface area contributed by atoms with E-state index in [1.54, 1.807) is 36.0 Å². The van der Waals surface area contributed by atoms with Crippen molar-refractivity contribution in [2.45, 2.75) is 37.0 Å². The Morgan fingerprint density at radius 1 is 1.25 bits per heavy atom. The lowest BCUT2D eigenvalue weighted by Gasteiger charge is -2.44. The topological polar surface area (TPSA) is 137 Å². The van der Waals surface area contributed by atoms with E-state index >= 15 is 0 Å². The van der Waals surface area contributed by atoms with E-state index in [0.717, 1.165) is 10.0 Å². The molecule has 1 spiro atoms. The summed E-state index contributed by atoms with van der Waals surface area (Å²) in [7, 11) is 1.76. The number of hydrogen-bond acceptors (Lipinski definition) is 6. The van der Waals surface area contributed by atoms with Crippen LogP contribution in [0.5, 0.6) is 0 Å². The van der Waals surface area contributed by atoms with Gasteiger partial charge in [0, 0.05) is 47.6 Å². The number of benzene rings is 1. The van der Waals surface area contributed by atoms with Crippen LogP contribution >= 0.6 is 15.9 Å². The number of nitrogens with zero attached hydrogens (tertiary/aromatic N) is 3. The molecule has 0 radical (unpaired) electrons. The van der Waals surface area contributed by atoms with Gasteiger partial charge in [-0.05, 0) is 37.5 Å². The van der Waals surface area contributed by atoms with E-state index in [2.05, 4.69) is 31.7 Å². The number of aromatic nitrogens is 2. The highest BCUT2D eigenvalue weighted by atomic mass is 79.9. The summed E-state index contributed by atoms with van der Waals surface area (Å²) < 4.78 is 2.34. The van der Waals surface area contributed by atoms with Crippen molar-refractivity contribution in [3.8, 4) is 0 Å². The molecule has 1 aromatic carbocycles. The normalized spacial score (nSPS) is 19.1. The maximum absolute atomic E-state index is 12.7. The zero-order valence-corrected chi connectivity index (χ0v) is 19.0. The summed E-state index contributed by atoms with van der Waals surface area (Å²) in [6, 6.07) is 6.74. The number of aliphatic hydroxyl groups is 2. The summed E-state index contributed by atoms with van der Waals surface area (Å²) in [6.07, 6.45) is -0.369. The van der Waals surface area contributed by atoms with E-state index in [1.807, 2.05) is 6.20 Å².